The van der Waals surface area contributed by atoms with Crippen molar-refractivity contribution in [2.75, 3.05) is 32.7 Å². The van der Waals surface area contributed by atoms with Crippen LogP contribution >= 0.6 is 0 Å². The van der Waals surface area contributed by atoms with Crippen LogP contribution in [0.5, 0.6) is 0 Å². The molecule has 0 radical (unpaired) electrons. The molecule has 1 aromatic rings. The molecule has 0 aromatic heterocycles. The largest absolute Gasteiger partial charge is 0.337 e. The van der Waals surface area contributed by atoms with Gasteiger partial charge in [0.05, 0.1) is 6.07 Å². The van der Waals surface area contributed by atoms with Gasteiger partial charge in [-0.15, -0.1) is 0 Å². The maximum absolute atomic E-state index is 12.5. The van der Waals surface area contributed by atoms with Crippen LogP contribution in [0.2, 0.25) is 0 Å². The fraction of sp³-hybridized carbons (Fsp3) is 0.500. The summed E-state index contributed by atoms with van der Waals surface area (Å²) in [4.78, 5) is 16.7. The van der Waals surface area contributed by atoms with Crippen molar-refractivity contribution >= 4 is 5.91 Å². The average Bonchev–Trinajstić information content (AvgIpc) is 2.70. The zero-order valence-electron chi connectivity index (χ0n) is 12.0. The summed E-state index contributed by atoms with van der Waals surface area (Å²) in [5.41, 5.74) is 1.89. The van der Waals surface area contributed by atoms with Gasteiger partial charge in [0.15, 0.2) is 0 Å². The summed E-state index contributed by atoms with van der Waals surface area (Å²) in [6, 6.07) is 9.94. The number of rotatable bonds is 3. The summed E-state index contributed by atoms with van der Waals surface area (Å²) in [6.45, 7) is 6.19. The van der Waals surface area contributed by atoms with E-state index >= 15 is 0 Å². The fourth-order valence-electron chi connectivity index (χ4n) is 2.57. The van der Waals surface area contributed by atoms with Gasteiger partial charge < -0.3 is 9.80 Å². The van der Waals surface area contributed by atoms with Gasteiger partial charge in [0.25, 0.3) is 5.91 Å². The van der Waals surface area contributed by atoms with Gasteiger partial charge in [-0.3, -0.25) is 4.79 Å². The fourth-order valence-corrected chi connectivity index (χ4v) is 2.57. The molecule has 0 aliphatic carbocycles. The van der Waals surface area contributed by atoms with Crippen molar-refractivity contribution < 1.29 is 4.79 Å². The Bertz CT molecular complexity index is 507. The molecule has 0 bridgehead atoms. The molecule has 20 heavy (non-hydrogen) atoms. The number of amides is 1. The molecule has 1 amide bonds. The number of hydrogen-bond acceptors (Lipinski definition) is 3. The van der Waals surface area contributed by atoms with Gasteiger partial charge in [0.2, 0.25) is 0 Å². The van der Waals surface area contributed by atoms with E-state index in [-0.39, 0.29) is 5.91 Å². The van der Waals surface area contributed by atoms with Crippen molar-refractivity contribution in [2.24, 2.45) is 0 Å². The Morgan fingerprint density at radius 1 is 1.30 bits per heavy atom. The molecule has 1 saturated heterocycles. The summed E-state index contributed by atoms with van der Waals surface area (Å²) >= 11 is 0. The summed E-state index contributed by atoms with van der Waals surface area (Å²) in [6.07, 6.45) is 1.54. The van der Waals surface area contributed by atoms with E-state index < -0.39 is 0 Å². The number of hydrogen-bond donors (Lipinski definition) is 0. The topological polar surface area (TPSA) is 47.3 Å². The normalized spacial score (nSPS) is 16.5. The van der Waals surface area contributed by atoms with E-state index in [1.165, 1.54) is 0 Å². The Labute approximate surface area is 120 Å². The Hall–Kier alpha value is -1.86. The standard InChI is InChI=1S/C16H21N3O/c1-14-5-2-6-15(13-14)16(20)19-10-4-9-18(11-12-19)8-3-7-17/h2,5-6,13H,3-4,8-12H2,1H3. The van der Waals surface area contributed by atoms with Crippen molar-refractivity contribution in [2.45, 2.75) is 19.8 Å². The first-order chi connectivity index (χ1) is 9.70. The second kappa shape index (κ2) is 7.06. The summed E-state index contributed by atoms with van der Waals surface area (Å²) in [7, 11) is 0. The predicted molar refractivity (Wildman–Crippen MR) is 78.4 cm³/mol. The van der Waals surface area contributed by atoms with Gasteiger partial charge in [0, 0.05) is 38.2 Å². The molecule has 1 aliphatic rings. The Balaban J connectivity index is 1.96. The molecule has 2 rings (SSSR count). The van der Waals surface area contributed by atoms with Gasteiger partial charge in [-0.2, -0.15) is 5.26 Å². The molecule has 4 nitrogen and oxygen atoms in total. The average molecular weight is 271 g/mol. The van der Waals surface area contributed by atoms with E-state index in [2.05, 4.69) is 11.0 Å². The number of aryl methyl sites for hydroxylation is 1. The Morgan fingerprint density at radius 2 is 2.15 bits per heavy atom. The van der Waals surface area contributed by atoms with Crippen LogP contribution in [0.1, 0.15) is 28.8 Å². The van der Waals surface area contributed by atoms with E-state index in [0.717, 1.165) is 50.3 Å². The maximum Gasteiger partial charge on any atom is 0.253 e. The smallest absolute Gasteiger partial charge is 0.253 e. The summed E-state index contributed by atoms with van der Waals surface area (Å²) in [5, 5.41) is 8.64. The van der Waals surface area contributed by atoms with Crippen molar-refractivity contribution in [3.05, 3.63) is 35.4 Å². The third-order valence-electron chi connectivity index (χ3n) is 3.68. The summed E-state index contributed by atoms with van der Waals surface area (Å²) in [5.74, 6) is 0.121. The Morgan fingerprint density at radius 3 is 2.90 bits per heavy atom. The molecule has 1 fully saturated rings. The minimum Gasteiger partial charge on any atom is -0.337 e. The number of benzene rings is 1. The lowest BCUT2D eigenvalue weighted by Crippen LogP contribution is -2.35. The molecule has 4 heteroatoms. The van der Waals surface area contributed by atoms with Gasteiger partial charge in [-0.05, 0) is 32.0 Å². The SMILES string of the molecule is Cc1cccc(C(=O)N2CCCN(CCC#N)CC2)c1. The number of carbonyl (C=O) groups is 1. The molecular weight excluding hydrogens is 250 g/mol. The highest BCUT2D eigenvalue weighted by Gasteiger charge is 2.19. The van der Waals surface area contributed by atoms with E-state index in [1.54, 1.807) is 0 Å². The van der Waals surface area contributed by atoms with Gasteiger partial charge in [-0.1, -0.05) is 17.7 Å². The number of nitrogens with zero attached hydrogens (tertiary/aromatic N) is 3. The highest BCUT2D eigenvalue weighted by atomic mass is 16.2. The zero-order valence-corrected chi connectivity index (χ0v) is 12.0. The first-order valence-electron chi connectivity index (χ1n) is 7.16. The lowest BCUT2D eigenvalue weighted by Gasteiger charge is -2.21. The quantitative estimate of drug-likeness (QED) is 0.845. The molecule has 106 valence electrons. The van der Waals surface area contributed by atoms with Crippen LogP contribution in [-0.2, 0) is 0 Å². The second-order valence-electron chi connectivity index (χ2n) is 5.26. The van der Waals surface area contributed by atoms with Crippen LogP contribution in [0, 0.1) is 18.3 Å². The molecule has 1 heterocycles. The zero-order chi connectivity index (χ0) is 14.4. The first-order valence-corrected chi connectivity index (χ1v) is 7.16. The molecule has 0 atom stereocenters. The highest BCUT2D eigenvalue weighted by molar-refractivity contribution is 5.94. The van der Waals surface area contributed by atoms with Crippen LogP contribution in [-0.4, -0.2) is 48.4 Å². The molecular formula is C16H21N3O. The lowest BCUT2D eigenvalue weighted by atomic mass is 10.1. The van der Waals surface area contributed by atoms with Crippen LogP contribution in [0.3, 0.4) is 0 Å². The minimum absolute atomic E-state index is 0.121. The first kappa shape index (κ1) is 14.5. The van der Waals surface area contributed by atoms with E-state index in [9.17, 15) is 4.79 Å². The molecule has 0 saturated carbocycles. The number of carbonyl (C=O) groups excluding carboxylic acids is 1. The van der Waals surface area contributed by atoms with Crippen molar-refractivity contribution in [3.63, 3.8) is 0 Å². The minimum atomic E-state index is 0.121. The number of nitriles is 1. The lowest BCUT2D eigenvalue weighted by molar-refractivity contribution is 0.0761. The van der Waals surface area contributed by atoms with E-state index in [4.69, 9.17) is 5.26 Å². The van der Waals surface area contributed by atoms with Crippen molar-refractivity contribution in [1.29, 1.82) is 5.26 Å². The maximum atomic E-state index is 12.5. The third kappa shape index (κ3) is 3.82. The molecule has 0 N–H and O–H groups in total. The highest BCUT2D eigenvalue weighted by Crippen LogP contribution is 2.11. The summed E-state index contributed by atoms with van der Waals surface area (Å²) < 4.78 is 0. The van der Waals surface area contributed by atoms with Crippen LogP contribution in [0.25, 0.3) is 0 Å². The second-order valence-corrected chi connectivity index (χ2v) is 5.26. The van der Waals surface area contributed by atoms with Crippen LogP contribution < -0.4 is 0 Å². The van der Waals surface area contributed by atoms with Crippen LogP contribution in [0.4, 0.5) is 0 Å². The third-order valence-corrected chi connectivity index (χ3v) is 3.68. The van der Waals surface area contributed by atoms with Crippen LogP contribution in [0.15, 0.2) is 24.3 Å². The molecule has 0 spiro atoms. The van der Waals surface area contributed by atoms with Crippen molar-refractivity contribution in [1.82, 2.24) is 9.80 Å². The molecule has 0 unspecified atom stereocenters. The van der Waals surface area contributed by atoms with Gasteiger partial charge >= 0.3 is 0 Å². The van der Waals surface area contributed by atoms with Gasteiger partial charge in [-0.25, -0.2) is 0 Å². The van der Waals surface area contributed by atoms with Gasteiger partial charge in [0.1, 0.15) is 0 Å². The van der Waals surface area contributed by atoms with Crippen molar-refractivity contribution in [3.8, 4) is 6.07 Å². The Kier molecular flexibility index (Phi) is 5.14. The molecule has 1 aromatic carbocycles. The monoisotopic (exact) mass is 271 g/mol. The predicted octanol–water partition coefficient (Wildman–Crippen LogP) is 2.06. The van der Waals surface area contributed by atoms with E-state index in [1.807, 2.05) is 36.1 Å². The molecule has 1 aliphatic heterocycles. The van der Waals surface area contributed by atoms with E-state index in [0.29, 0.717) is 6.42 Å².